The van der Waals surface area contributed by atoms with Crippen molar-refractivity contribution < 1.29 is 14.3 Å². The summed E-state index contributed by atoms with van der Waals surface area (Å²) in [5.74, 6) is 0.0355. The number of allylic oxidation sites excluding steroid dienone is 1. The average Bonchev–Trinajstić information content (AvgIpc) is 2.56. The molecule has 2 N–H and O–H groups in total. The molecule has 5 nitrogen and oxygen atoms in total. The van der Waals surface area contributed by atoms with Crippen molar-refractivity contribution in [3.63, 3.8) is 0 Å². The number of amides is 2. The van der Waals surface area contributed by atoms with E-state index in [9.17, 15) is 9.59 Å². The van der Waals surface area contributed by atoms with Crippen LogP contribution in [0.2, 0.25) is 0 Å². The van der Waals surface area contributed by atoms with Crippen molar-refractivity contribution in [3.8, 4) is 0 Å². The van der Waals surface area contributed by atoms with Crippen LogP contribution >= 0.6 is 0 Å². The minimum Gasteiger partial charge on any atom is -0.444 e. The minimum absolute atomic E-state index is 0.0355. The van der Waals surface area contributed by atoms with Gasteiger partial charge >= 0.3 is 6.09 Å². The number of unbranched alkanes of at least 4 members (excludes halogenated alkanes) is 4. The zero-order chi connectivity index (χ0) is 19.4. The van der Waals surface area contributed by atoms with E-state index in [-0.39, 0.29) is 5.91 Å². The van der Waals surface area contributed by atoms with E-state index in [1.165, 1.54) is 0 Å². The Hall–Kier alpha value is -2.30. The number of rotatable bonds is 10. The SMILES string of the molecule is C=CCCCCCCC(=O)Nc1ccc(CNC(=O)OC(C)(C)C)cc1. The lowest BCUT2D eigenvalue weighted by Crippen LogP contribution is -2.32. The van der Waals surface area contributed by atoms with Gasteiger partial charge in [-0.3, -0.25) is 4.79 Å². The van der Waals surface area contributed by atoms with Crippen LogP contribution < -0.4 is 10.6 Å². The van der Waals surface area contributed by atoms with Gasteiger partial charge in [0.15, 0.2) is 0 Å². The number of hydrogen-bond donors (Lipinski definition) is 2. The second kappa shape index (κ2) is 11.3. The molecule has 0 saturated carbocycles. The van der Waals surface area contributed by atoms with Gasteiger partial charge in [-0.25, -0.2) is 4.79 Å². The lowest BCUT2D eigenvalue weighted by molar-refractivity contribution is -0.116. The molecule has 1 rings (SSSR count). The van der Waals surface area contributed by atoms with Crippen molar-refractivity contribution in [3.05, 3.63) is 42.5 Å². The molecule has 0 aliphatic carbocycles. The first-order valence-corrected chi connectivity index (χ1v) is 9.27. The number of benzene rings is 1. The number of ether oxygens (including phenoxy) is 1. The normalized spacial score (nSPS) is 10.9. The Bertz CT molecular complexity index is 574. The molecule has 0 atom stereocenters. The Morgan fingerprint density at radius 2 is 1.73 bits per heavy atom. The second-order valence-corrected chi connectivity index (χ2v) is 7.34. The maximum Gasteiger partial charge on any atom is 0.407 e. The van der Waals surface area contributed by atoms with E-state index in [0.29, 0.717) is 13.0 Å². The largest absolute Gasteiger partial charge is 0.444 e. The van der Waals surface area contributed by atoms with E-state index < -0.39 is 11.7 Å². The fourth-order valence-electron chi connectivity index (χ4n) is 2.35. The summed E-state index contributed by atoms with van der Waals surface area (Å²) in [7, 11) is 0. The van der Waals surface area contributed by atoms with Crippen LogP contribution in [0.3, 0.4) is 0 Å². The Morgan fingerprint density at radius 3 is 2.35 bits per heavy atom. The molecule has 0 aliphatic rings. The van der Waals surface area contributed by atoms with Crippen LogP contribution in [0.5, 0.6) is 0 Å². The molecule has 2 amide bonds. The molecule has 26 heavy (non-hydrogen) atoms. The smallest absolute Gasteiger partial charge is 0.407 e. The molecule has 0 aromatic heterocycles. The zero-order valence-corrected chi connectivity index (χ0v) is 16.3. The van der Waals surface area contributed by atoms with Gasteiger partial charge in [0, 0.05) is 18.7 Å². The van der Waals surface area contributed by atoms with E-state index in [4.69, 9.17) is 4.74 Å². The highest BCUT2D eigenvalue weighted by Crippen LogP contribution is 2.12. The number of carbonyl (C=O) groups excluding carboxylic acids is 2. The lowest BCUT2D eigenvalue weighted by Gasteiger charge is -2.19. The van der Waals surface area contributed by atoms with Crippen molar-refractivity contribution in [2.45, 2.75) is 71.4 Å². The topological polar surface area (TPSA) is 67.4 Å². The summed E-state index contributed by atoms with van der Waals surface area (Å²) >= 11 is 0. The molecule has 0 radical (unpaired) electrons. The van der Waals surface area contributed by atoms with Crippen molar-refractivity contribution in [2.75, 3.05) is 5.32 Å². The molecule has 5 heteroatoms. The average molecular weight is 360 g/mol. The number of alkyl carbamates (subject to hydrolysis) is 1. The summed E-state index contributed by atoms with van der Waals surface area (Å²) in [6.07, 6.45) is 7.32. The summed E-state index contributed by atoms with van der Waals surface area (Å²) in [5.41, 5.74) is 1.20. The van der Waals surface area contributed by atoms with Gasteiger partial charge in [-0.1, -0.05) is 31.1 Å². The van der Waals surface area contributed by atoms with Crippen LogP contribution in [-0.2, 0) is 16.1 Å². The molecular weight excluding hydrogens is 328 g/mol. The third-order valence-corrected chi connectivity index (χ3v) is 3.64. The van der Waals surface area contributed by atoms with E-state index in [0.717, 1.165) is 43.4 Å². The molecule has 0 bridgehead atoms. The summed E-state index contributed by atoms with van der Waals surface area (Å²) in [4.78, 5) is 23.6. The first kappa shape index (κ1) is 21.7. The van der Waals surface area contributed by atoms with E-state index in [1.807, 2.05) is 51.1 Å². The molecule has 1 aromatic rings. The monoisotopic (exact) mass is 360 g/mol. The molecule has 0 aliphatic heterocycles. The van der Waals surface area contributed by atoms with Gasteiger partial charge in [0.2, 0.25) is 5.91 Å². The van der Waals surface area contributed by atoms with Gasteiger partial charge in [-0.2, -0.15) is 0 Å². The number of nitrogens with one attached hydrogen (secondary N) is 2. The lowest BCUT2D eigenvalue weighted by atomic mass is 10.1. The first-order chi connectivity index (χ1) is 12.3. The summed E-state index contributed by atoms with van der Waals surface area (Å²) in [6, 6.07) is 7.44. The zero-order valence-electron chi connectivity index (χ0n) is 16.3. The highest BCUT2D eigenvalue weighted by molar-refractivity contribution is 5.90. The fourth-order valence-corrected chi connectivity index (χ4v) is 2.35. The van der Waals surface area contributed by atoms with Crippen molar-refractivity contribution in [1.82, 2.24) is 5.32 Å². The summed E-state index contributed by atoms with van der Waals surface area (Å²) in [6.45, 7) is 9.56. The van der Waals surface area contributed by atoms with Gasteiger partial charge in [-0.05, 0) is 57.7 Å². The molecule has 0 spiro atoms. The Morgan fingerprint density at radius 1 is 1.08 bits per heavy atom. The fraction of sp³-hybridized carbons (Fsp3) is 0.524. The summed E-state index contributed by atoms with van der Waals surface area (Å²) in [5, 5.41) is 5.61. The quantitative estimate of drug-likeness (QED) is 0.446. The highest BCUT2D eigenvalue weighted by atomic mass is 16.6. The van der Waals surface area contributed by atoms with Gasteiger partial charge in [0.05, 0.1) is 0 Å². The van der Waals surface area contributed by atoms with E-state index in [2.05, 4.69) is 17.2 Å². The summed E-state index contributed by atoms with van der Waals surface area (Å²) < 4.78 is 5.19. The Balaban J connectivity index is 2.28. The maximum absolute atomic E-state index is 11.9. The van der Waals surface area contributed by atoms with Crippen LogP contribution in [0.4, 0.5) is 10.5 Å². The predicted octanol–water partition coefficient (Wildman–Crippen LogP) is 5.18. The minimum atomic E-state index is -0.510. The van der Waals surface area contributed by atoms with Crippen molar-refractivity contribution in [1.29, 1.82) is 0 Å². The van der Waals surface area contributed by atoms with Crippen LogP contribution in [-0.4, -0.2) is 17.6 Å². The van der Waals surface area contributed by atoms with Crippen LogP contribution in [0.15, 0.2) is 36.9 Å². The Labute approximate surface area is 157 Å². The molecule has 0 unspecified atom stereocenters. The molecule has 144 valence electrons. The predicted molar refractivity (Wildman–Crippen MR) is 106 cm³/mol. The maximum atomic E-state index is 11.9. The van der Waals surface area contributed by atoms with Crippen LogP contribution in [0, 0.1) is 0 Å². The van der Waals surface area contributed by atoms with Gasteiger partial charge in [0.1, 0.15) is 5.60 Å². The molecule has 0 fully saturated rings. The van der Waals surface area contributed by atoms with Gasteiger partial charge in [0.25, 0.3) is 0 Å². The molecule has 1 aromatic carbocycles. The number of anilines is 1. The third kappa shape index (κ3) is 10.5. The second-order valence-electron chi connectivity index (χ2n) is 7.34. The van der Waals surface area contributed by atoms with E-state index >= 15 is 0 Å². The van der Waals surface area contributed by atoms with Crippen LogP contribution in [0.1, 0.15) is 64.9 Å². The Kier molecular flexibility index (Phi) is 9.48. The molecular formula is C21H32N2O3. The van der Waals surface area contributed by atoms with Crippen LogP contribution in [0.25, 0.3) is 0 Å². The molecule has 0 saturated heterocycles. The standard InChI is InChI=1S/C21H32N2O3/c1-5-6-7-8-9-10-11-19(24)23-18-14-12-17(13-15-18)16-22-20(25)26-21(2,3)4/h5,12-15H,1,6-11,16H2,2-4H3,(H,22,25)(H,23,24). The van der Waals surface area contributed by atoms with Crippen molar-refractivity contribution >= 4 is 17.7 Å². The highest BCUT2D eigenvalue weighted by Gasteiger charge is 2.15. The third-order valence-electron chi connectivity index (χ3n) is 3.64. The van der Waals surface area contributed by atoms with Gasteiger partial charge in [-0.15, -0.1) is 6.58 Å². The number of carbonyl (C=O) groups is 2. The van der Waals surface area contributed by atoms with E-state index in [1.54, 1.807) is 0 Å². The van der Waals surface area contributed by atoms with Gasteiger partial charge < -0.3 is 15.4 Å². The molecule has 0 heterocycles. The van der Waals surface area contributed by atoms with Crippen molar-refractivity contribution in [2.24, 2.45) is 0 Å². The first-order valence-electron chi connectivity index (χ1n) is 9.27. The number of hydrogen-bond acceptors (Lipinski definition) is 3.